The summed E-state index contributed by atoms with van der Waals surface area (Å²) in [5, 5.41) is 0. The molecule has 0 saturated heterocycles. The highest BCUT2D eigenvalue weighted by Crippen LogP contribution is 2.16. The third-order valence-corrected chi connectivity index (χ3v) is 2.33. The molecular formula is C11H13ClO2. The van der Waals surface area contributed by atoms with E-state index in [9.17, 15) is 4.79 Å². The van der Waals surface area contributed by atoms with Crippen molar-refractivity contribution in [3.05, 3.63) is 29.3 Å². The third-order valence-electron chi connectivity index (χ3n) is 2.03. The minimum absolute atomic E-state index is 0.00481. The van der Waals surface area contributed by atoms with Crippen LogP contribution in [0.2, 0.25) is 0 Å². The number of ether oxygens (including phenoxy) is 1. The van der Waals surface area contributed by atoms with Crippen LogP contribution in [0, 0.1) is 13.8 Å². The van der Waals surface area contributed by atoms with E-state index in [2.05, 4.69) is 0 Å². The molecule has 0 N–H and O–H groups in total. The largest absolute Gasteiger partial charge is 0.486 e. The number of rotatable bonds is 4. The van der Waals surface area contributed by atoms with Crippen molar-refractivity contribution in [3.63, 3.8) is 0 Å². The zero-order valence-electron chi connectivity index (χ0n) is 8.34. The molecule has 0 amide bonds. The molecule has 1 aromatic carbocycles. The summed E-state index contributed by atoms with van der Waals surface area (Å²) < 4.78 is 5.26. The van der Waals surface area contributed by atoms with Gasteiger partial charge >= 0.3 is 0 Å². The molecule has 0 radical (unpaired) electrons. The molecule has 0 fully saturated rings. The van der Waals surface area contributed by atoms with Crippen LogP contribution in [0.1, 0.15) is 11.1 Å². The lowest BCUT2D eigenvalue weighted by molar-refractivity contribution is -0.118. The Morgan fingerprint density at radius 2 is 2.07 bits per heavy atom. The quantitative estimate of drug-likeness (QED) is 0.717. The summed E-state index contributed by atoms with van der Waals surface area (Å²) in [6.07, 6.45) is 0. The lowest BCUT2D eigenvalue weighted by atomic mass is 10.1. The molecule has 0 saturated carbocycles. The average molecular weight is 213 g/mol. The zero-order chi connectivity index (χ0) is 10.6. The smallest absolute Gasteiger partial charge is 0.184 e. The number of hydrogen-bond donors (Lipinski definition) is 0. The number of ketones is 1. The maximum atomic E-state index is 10.9. The molecule has 1 rings (SSSR count). The number of hydrogen-bond acceptors (Lipinski definition) is 2. The summed E-state index contributed by atoms with van der Waals surface area (Å²) in [7, 11) is 0. The minimum Gasteiger partial charge on any atom is -0.486 e. The van der Waals surface area contributed by atoms with E-state index in [0.29, 0.717) is 5.75 Å². The first-order valence-corrected chi connectivity index (χ1v) is 4.94. The van der Waals surface area contributed by atoms with E-state index in [1.807, 2.05) is 32.0 Å². The lowest BCUT2D eigenvalue weighted by Gasteiger charge is -2.06. The summed E-state index contributed by atoms with van der Waals surface area (Å²) in [6, 6.07) is 5.73. The summed E-state index contributed by atoms with van der Waals surface area (Å²) in [5.41, 5.74) is 2.36. The molecule has 3 heteroatoms. The van der Waals surface area contributed by atoms with E-state index in [1.165, 1.54) is 5.56 Å². The molecular weight excluding hydrogens is 200 g/mol. The average Bonchev–Trinajstić information content (AvgIpc) is 2.19. The van der Waals surface area contributed by atoms with Gasteiger partial charge in [-0.15, -0.1) is 11.6 Å². The van der Waals surface area contributed by atoms with E-state index >= 15 is 0 Å². The zero-order valence-corrected chi connectivity index (χ0v) is 9.10. The van der Waals surface area contributed by atoms with Crippen LogP contribution in [0.15, 0.2) is 18.2 Å². The van der Waals surface area contributed by atoms with Crippen LogP contribution >= 0.6 is 11.6 Å². The number of Topliss-reactive ketones (excluding diaryl/α,β-unsaturated/α-hetero) is 1. The van der Waals surface area contributed by atoms with E-state index < -0.39 is 0 Å². The van der Waals surface area contributed by atoms with Crippen LogP contribution in [0.5, 0.6) is 5.75 Å². The SMILES string of the molecule is Cc1ccc(OCC(=O)CCl)cc1C. The summed E-state index contributed by atoms with van der Waals surface area (Å²) >= 11 is 5.35. The van der Waals surface area contributed by atoms with Crippen LogP contribution in [-0.4, -0.2) is 18.3 Å². The van der Waals surface area contributed by atoms with Crippen molar-refractivity contribution in [1.82, 2.24) is 0 Å². The van der Waals surface area contributed by atoms with Gasteiger partial charge in [0.15, 0.2) is 5.78 Å². The second-order valence-electron chi connectivity index (χ2n) is 3.21. The van der Waals surface area contributed by atoms with Crippen LogP contribution in [0.3, 0.4) is 0 Å². The topological polar surface area (TPSA) is 26.3 Å². The van der Waals surface area contributed by atoms with Crippen molar-refractivity contribution in [1.29, 1.82) is 0 Å². The number of carbonyl (C=O) groups excluding carboxylic acids is 1. The van der Waals surface area contributed by atoms with Gasteiger partial charge in [-0.1, -0.05) is 6.07 Å². The second-order valence-corrected chi connectivity index (χ2v) is 3.47. The van der Waals surface area contributed by atoms with E-state index in [0.717, 1.165) is 5.56 Å². The van der Waals surface area contributed by atoms with Gasteiger partial charge in [0.05, 0.1) is 5.88 Å². The second kappa shape index (κ2) is 5.01. The number of alkyl halides is 1. The minimum atomic E-state index is -0.107. The van der Waals surface area contributed by atoms with Gasteiger partial charge in [0, 0.05) is 0 Å². The van der Waals surface area contributed by atoms with Gasteiger partial charge in [-0.25, -0.2) is 0 Å². The predicted molar refractivity (Wildman–Crippen MR) is 57.1 cm³/mol. The molecule has 0 atom stereocenters. The molecule has 0 aliphatic carbocycles. The van der Waals surface area contributed by atoms with Crippen LogP contribution < -0.4 is 4.74 Å². The van der Waals surface area contributed by atoms with Gasteiger partial charge < -0.3 is 4.74 Å². The predicted octanol–water partition coefficient (Wildman–Crippen LogP) is 2.49. The van der Waals surface area contributed by atoms with E-state index in [4.69, 9.17) is 16.3 Å². The fraction of sp³-hybridized carbons (Fsp3) is 0.364. The Kier molecular flexibility index (Phi) is 3.96. The monoisotopic (exact) mass is 212 g/mol. The van der Waals surface area contributed by atoms with Crippen LogP contribution in [-0.2, 0) is 4.79 Å². The Labute approximate surface area is 88.8 Å². The van der Waals surface area contributed by atoms with Crippen molar-refractivity contribution >= 4 is 17.4 Å². The fourth-order valence-corrected chi connectivity index (χ4v) is 1.08. The molecule has 0 spiro atoms. The fourth-order valence-electron chi connectivity index (χ4n) is 1.01. The number of aryl methyl sites for hydroxylation is 2. The first-order chi connectivity index (χ1) is 6.63. The van der Waals surface area contributed by atoms with Crippen molar-refractivity contribution in [2.75, 3.05) is 12.5 Å². The summed E-state index contributed by atoms with van der Waals surface area (Å²) in [5.74, 6) is 0.613. The molecule has 76 valence electrons. The molecule has 0 aromatic heterocycles. The summed E-state index contributed by atoms with van der Waals surface area (Å²) in [4.78, 5) is 10.9. The van der Waals surface area contributed by atoms with Crippen molar-refractivity contribution < 1.29 is 9.53 Å². The van der Waals surface area contributed by atoms with E-state index in [-0.39, 0.29) is 18.3 Å². The normalized spacial score (nSPS) is 9.93. The first-order valence-electron chi connectivity index (χ1n) is 4.41. The molecule has 0 heterocycles. The third kappa shape index (κ3) is 3.04. The van der Waals surface area contributed by atoms with Gasteiger partial charge in [-0.3, -0.25) is 4.79 Å². The number of benzene rings is 1. The standard InChI is InChI=1S/C11H13ClO2/c1-8-3-4-11(5-9(8)2)14-7-10(13)6-12/h3-5H,6-7H2,1-2H3. The van der Waals surface area contributed by atoms with Gasteiger partial charge in [0.25, 0.3) is 0 Å². The Morgan fingerprint density at radius 3 is 2.64 bits per heavy atom. The van der Waals surface area contributed by atoms with Crippen molar-refractivity contribution in [3.8, 4) is 5.75 Å². The molecule has 0 aliphatic heterocycles. The van der Waals surface area contributed by atoms with Gasteiger partial charge in [0.1, 0.15) is 12.4 Å². The van der Waals surface area contributed by atoms with Gasteiger partial charge in [-0.2, -0.15) is 0 Å². The molecule has 0 unspecified atom stereocenters. The van der Waals surface area contributed by atoms with Crippen molar-refractivity contribution in [2.45, 2.75) is 13.8 Å². The highest BCUT2D eigenvalue weighted by atomic mass is 35.5. The Hall–Kier alpha value is -1.02. The first kappa shape index (κ1) is 11.1. The number of carbonyl (C=O) groups is 1. The van der Waals surface area contributed by atoms with E-state index in [1.54, 1.807) is 0 Å². The Morgan fingerprint density at radius 1 is 1.36 bits per heavy atom. The van der Waals surface area contributed by atoms with Crippen molar-refractivity contribution in [2.24, 2.45) is 0 Å². The molecule has 1 aromatic rings. The van der Waals surface area contributed by atoms with Gasteiger partial charge in [-0.05, 0) is 37.1 Å². The maximum absolute atomic E-state index is 10.9. The number of halogens is 1. The van der Waals surface area contributed by atoms with Gasteiger partial charge in [0.2, 0.25) is 0 Å². The highest BCUT2D eigenvalue weighted by Gasteiger charge is 2.01. The molecule has 2 nitrogen and oxygen atoms in total. The lowest BCUT2D eigenvalue weighted by Crippen LogP contribution is -2.12. The molecule has 14 heavy (non-hydrogen) atoms. The maximum Gasteiger partial charge on any atom is 0.184 e. The highest BCUT2D eigenvalue weighted by molar-refractivity contribution is 6.27. The Bertz CT molecular complexity index is 334. The Balaban J connectivity index is 2.60. The molecule has 0 aliphatic rings. The van der Waals surface area contributed by atoms with Crippen LogP contribution in [0.25, 0.3) is 0 Å². The summed E-state index contributed by atoms with van der Waals surface area (Å²) in [6.45, 7) is 4.08. The van der Waals surface area contributed by atoms with Crippen LogP contribution in [0.4, 0.5) is 0 Å². The molecule has 0 bridgehead atoms.